The van der Waals surface area contributed by atoms with Crippen LogP contribution in [0.4, 0.5) is 5.69 Å². The lowest BCUT2D eigenvalue weighted by Crippen LogP contribution is -2.30. The van der Waals surface area contributed by atoms with Crippen molar-refractivity contribution in [3.63, 3.8) is 0 Å². The minimum atomic E-state index is -0.241. The predicted molar refractivity (Wildman–Crippen MR) is 114 cm³/mol. The number of benzene rings is 1. The van der Waals surface area contributed by atoms with Crippen LogP contribution >= 0.6 is 11.5 Å². The molecule has 144 valence electrons. The van der Waals surface area contributed by atoms with Gasteiger partial charge in [0, 0.05) is 18.8 Å². The van der Waals surface area contributed by atoms with E-state index in [1.807, 2.05) is 33.8 Å². The normalized spacial score (nSPS) is 11.7. The number of rotatable bonds is 6. The molecule has 0 spiro atoms. The van der Waals surface area contributed by atoms with Gasteiger partial charge in [0.25, 0.3) is 5.56 Å². The van der Waals surface area contributed by atoms with Gasteiger partial charge >= 0.3 is 0 Å². The second-order valence-electron chi connectivity index (χ2n) is 7.86. The second-order valence-corrected chi connectivity index (χ2v) is 8.82. The highest BCUT2D eigenvalue weighted by Crippen LogP contribution is 2.33. The van der Waals surface area contributed by atoms with Gasteiger partial charge in [0.1, 0.15) is 5.69 Å². The molecule has 0 unspecified atom stereocenters. The van der Waals surface area contributed by atoms with Crippen LogP contribution in [-0.4, -0.2) is 20.3 Å². The van der Waals surface area contributed by atoms with Crippen LogP contribution in [0.25, 0.3) is 10.4 Å². The maximum absolute atomic E-state index is 13.0. The van der Waals surface area contributed by atoms with E-state index in [-0.39, 0.29) is 11.1 Å². The van der Waals surface area contributed by atoms with Crippen molar-refractivity contribution >= 4 is 17.2 Å². The van der Waals surface area contributed by atoms with Crippen molar-refractivity contribution in [1.82, 2.24) is 13.7 Å². The van der Waals surface area contributed by atoms with Gasteiger partial charge in [-0.2, -0.15) is 5.10 Å². The summed E-state index contributed by atoms with van der Waals surface area (Å²) in [5.74, 6) is 0. The van der Waals surface area contributed by atoms with Gasteiger partial charge in [-0.15, -0.1) is 0 Å². The Morgan fingerprint density at radius 1 is 1.15 bits per heavy atom. The van der Waals surface area contributed by atoms with Crippen molar-refractivity contribution in [2.75, 3.05) is 11.9 Å². The van der Waals surface area contributed by atoms with Gasteiger partial charge in [0.05, 0.1) is 16.1 Å². The molecule has 0 saturated heterocycles. The highest BCUT2D eigenvalue weighted by atomic mass is 32.1. The first-order valence-electron chi connectivity index (χ1n) is 9.34. The van der Waals surface area contributed by atoms with E-state index >= 15 is 0 Å². The molecule has 0 radical (unpaired) electrons. The maximum Gasteiger partial charge on any atom is 0.285 e. The number of hydrogen-bond acceptors (Lipinski definition) is 4. The number of aryl methyl sites for hydroxylation is 3. The van der Waals surface area contributed by atoms with Gasteiger partial charge in [-0.1, -0.05) is 41.9 Å². The molecule has 0 saturated carbocycles. The van der Waals surface area contributed by atoms with E-state index in [0.29, 0.717) is 5.69 Å². The fraction of sp³-hybridized carbons (Fsp3) is 0.429. The first kappa shape index (κ1) is 19.4. The number of nitrogens with zero attached hydrogens (tertiary/aromatic N) is 3. The summed E-state index contributed by atoms with van der Waals surface area (Å²) in [6.07, 6.45) is 0.904. The second kappa shape index (κ2) is 7.72. The zero-order valence-corrected chi connectivity index (χ0v) is 17.6. The van der Waals surface area contributed by atoms with Gasteiger partial charge < -0.3 is 5.32 Å². The lowest BCUT2D eigenvalue weighted by molar-refractivity contribution is 0.419. The Morgan fingerprint density at radius 3 is 2.44 bits per heavy atom. The number of anilines is 1. The Kier molecular flexibility index (Phi) is 5.56. The molecule has 27 heavy (non-hydrogen) atoms. The van der Waals surface area contributed by atoms with Crippen LogP contribution in [0, 0.1) is 13.8 Å². The molecule has 0 aliphatic carbocycles. The standard InChI is InChI=1S/C21H28N4OS/c1-15-14-16(2)24(23-15)13-9-12-22-18-19(17-10-7-6-8-11-17)27-25(20(18)26)21(3,4)5/h6-8,10-11,14,22H,9,12-13H2,1-5H3. The third kappa shape index (κ3) is 4.33. The van der Waals surface area contributed by atoms with Crippen LogP contribution < -0.4 is 10.9 Å². The zero-order chi connectivity index (χ0) is 19.6. The van der Waals surface area contributed by atoms with E-state index in [1.165, 1.54) is 17.2 Å². The van der Waals surface area contributed by atoms with Crippen LogP contribution in [0.15, 0.2) is 41.2 Å². The zero-order valence-electron chi connectivity index (χ0n) is 16.7. The molecule has 2 heterocycles. The highest BCUT2D eigenvalue weighted by Gasteiger charge is 2.23. The number of nitrogens with one attached hydrogen (secondary N) is 1. The summed E-state index contributed by atoms with van der Waals surface area (Å²) < 4.78 is 3.88. The molecule has 0 amide bonds. The Bertz CT molecular complexity index is 960. The maximum atomic E-state index is 13.0. The Balaban J connectivity index is 1.80. The van der Waals surface area contributed by atoms with Crippen LogP contribution in [0.2, 0.25) is 0 Å². The van der Waals surface area contributed by atoms with Crippen LogP contribution in [0.5, 0.6) is 0 Å². The van der Waals surface area contributed by atoms with Crippen molar-refractivity contribution in [3.8, 4) is 10.4 Å². The summed E-state index contributed by atoms with van der Waals surface area (Å²) in [5, 5.41) is 7.90. The first-order chi connectivity index (χ1) is 12.8. The average molecular weight is 385 g/mol. The molecule has 3 rings (SSSR count). The molecule has 0 atom stereocenters. The molecular formula is C21H28N4OS. The monoisotopic (exact) mass is 384 g/mol. The molecule has 1 aromatic carbocycles. The Hall–Kier alpha value is -2.34. The van der Waals surface area contributed by atoms with Crippen molar-refractivity contribution in [3.05, 3.63) is 58.1 Å². The van der Waals surface area contributed by atoms with Crippen molar-refractivity contribution in [2.45, 2.75) is 53.1 Å². The molecule has 6 heteroatoms. The molecular weight excluding hydrogens is 356 g/mol. The molecule has 0 fully saturated rings. The fourth-order valence-electron chi connectivity index (χ4n) is 3.10. The summed E-state index contributed by atoms with van der Waals surface area (Å²) in [5.41, 5.74) is 3.80. The topological polar surface area (TPSA) is 51.9 Å². The SMILES string of the molecule is Cc1cc(C)n(CCCNc2c(-c3ccccc3)sn(C(C)(C)C)c2=O)n1. The van der Waals surface area contributed by atoms with Crippen LogP contribution in [0.1, 0.15) is 38.6 Å². The fourth-order valence-corrected chi connectivity index (χ4v) is 4.23. The predicted octanol–water partition coefficient (Wildman–Crippen LogP) is 4.65. The highest BCUT2D eigenvalue weighted by molar-refractivity contribution is 7.11. The number of aromatic nitrogens is 3. The quantitative estimate of drug-likeness (QED) is 0.630. The summed E-state index contributed by atoms with van der Waals surface area (Å²) >= 11 is 1.53. The number of hydrogen-bond donors (Lipinski definition) is 1. The minimum Gasteiger partial charge on any atom is -0.379 e. The molecule has 2 aromatic heterocycles. The van der Waals surface area contributed by atoms with E-state index in [1.54, 1.807) is 0 Å². The largest absolute Gasteiger partial charge is 0.379 e. The van der Waals surface area contributed by atoms with Crippen molar-refractivity contribution in [1.29, 1.82) is 0 Å². The molecule has 0 aliphatic rings. The lowest BCUT2D eigenvalue weighted by atomic mass is 10.1. The molecule has 1 N–H and O–H groups in total. The van der Waals surface area contributed by atoms with E-state index in [9.17, 15) is 4.79 Å². The van der Waals surface area contributed by atoms with E-state index in [0.717, 1.165) is 35.6 Å². The summed E-state index contributed by atoms with van der Waals surface area (Å²) in [6, 6.07) is 12.2. The van der Waals surface area contributed by atoms with Crippen molar-refractivity contribution < 1.29 is 0 Å². The van der Waals surface area contributed by atoms with Gasteiger partial charge in [0.2, 0.25) is 0 Å². The molecule has 0 aliphatic heterocycles. The van der Waals surface area contributed by atoms with Gasteiger partial charge in [-0.25, -0.2) is 0 Å². The average Bonchev–Trinajstić information content (AvgIpc) is 3.11. The Labute approximate surface area is 164 Å². The first-order valence-corrected chi connectivity index (χ1v) is 10.1. The molecule has 0 bridgehead atoms. The summed E-state index contributed by atoms with van der Waals surface area (Å²) in [4.78, 5) is 14.0. The molecule has 5 nitrogen and oxygen atoms in total. The van der Waals surface area contributed by atoms with Crippen LogP contribution in [-0.2, 0) is 12.1 Å². The summed E-state index contributed by atoms with van der Waals surface area (Å²) in [7, 11) is 0. The third-order valence-electron chi connectivity index (χ3n) is 4.41. The smallest absolute Gasteiger partial charge is 0.285 e. The van der Waals surface area contributed by atoms with E-state index < -0.39 is 0 Å². The Morgan fingerprint density at radius 2 is 1.85 bits per heavy atom. The lowest BCUT2D eigenvalue weighted by Gasteiger charge is -2.18. The third-order valence-corrected chi connectivity index (χ3v) is 5.92. The van der Waals surface area contributed by atoms with Crippen LogP contribution in [0.3, 0.4) is 0 Å². The van der Waals surface area contributed by atoms with Gasteiger partial charge in [-0.05, 0) is 52.7 Å². The molecule has 3 aromatic rings. The van der Waals surface area contributed by atoms with E-state index in [4.69, 9.17) is 0 Å². The summed E-state index contributed by atoms with van der Waals surface area (Å²) in [6.45, 7) is 11.8. The van der Waals surface area contributed by atoms with Crippen molar-refractivity contribution in [2.24, 2.45) is 0 Å². The minimum absolute atomic E-state index is 0.0532. The van der Waals surface area contributed by atoms with Gasteiger partial charge in [-0.3, -0.25) is 13.4 Å². The van der Waals surface area contributed by atoms with E-state index in [2.05, 4.69) is 56.3 Å². The van der Waals surface area contributed by atoms with Gasteiger partial charge in [0.15, 0.2) is 0 Å².